The highest BCUT2D eigenvalue weighted by molar-refractivity contribution is 5.93. The third-order valence-electron chi connectivity index (χ3n) is 3.05. The van der Waals surface area contributed by atoms with E-state index in [1.165, 1.54) is 12.3 Å². The number of nitrogens with one attached hydrogen (secondary N) is 1. The van der Waals surface area contributed by atoms with Crippen LogP contribution in [0.4, 0.5) is 4.39 Å². The molecule has 0 saturated carbocycles. The molecule has 2 rings (SSSR count). The van der Waals surface area contributed by atoms with Crippen LogP contribution in [0.1, 0.15) is 21.6 Å². The standard InChI is InChI=1S/C15H17FN4O/c1-20(9-12-4-2-3-5-14(12)16)10-13-7-6-11(8-18-13)15(21)19-17/h2-8H,9-10,17H2,1H3,(H,19,21). The first-order chi connectivity index (χ1) is 10.1. The lowest BCUT2D eigenvalue weighted by molar-refractivity contribution is 0.0953. The third kappa shape index (κ3) is 4.08. The van der Waals surface area contributed by atoms with Gasteiger partial charge in [-0.05, 0) is 25.2 Å². The Labute approximate surface area is 122 Å². The summed E-state index contributed by atoms with van der Waals surface area (Å²) in [6.07, 6.45) is 1.47. The zero-order valence-electron chi connectivity index (χ0n) is 11.7. The Hall–Kier alpha value is -2.31. The van der Waals surface area contributed by atoms with Gasteiger partial charge in [0.25, 0.3) is 5.91 Å². The number of nitrogens with zero attached hydrogens (tertiary/aromatic N) is 2. The fourth-order valence-corrected chi connectivity index (χ4v) is 1.99. The van der Waals surface area contributed by atoms with Crippen molar-refractivity contribution in [1.29, 1.82) is 0 Å². The molecule has 1 aromatic heterocycles. The predicted octanol–water partition coefficient (Wildman–Crippen LogP) is 1.46. The SMILES string of the molecule is CN(Cc1ccc(C(=O)NN)cn1)Cc1ccccc1F. The fraction of sp³-hybridized carbons (Fsp3) is 0.200. The highest BCUT2D eigenvalue weighted by atomic mass is 19.1. The summed E-state index contributed by atoms with van der Waals surface area (Å²) in [5.41, 5.74) is 3.88. The molecule has 1 heterocycles. The van der Waals surface area contributed by atoms with Crippen LogP contribution in [0.5, 0.6) is 0 Å². The maximum atomic E-state index is 13.6. The van der Waals surface area contributed by atoms with E-state index < -0.39 is 0 Å². The van der Waals surface area contributed by atoms with Crippen LogP contribution in [0.25, 0.3) is 0 Å². The lowest BCUT2D eigenvalue weighted by Gasteiger charge is -2.16. The maximum absolute atomic E-state index is 13.6. The number of pyridine rings is 1. The number of amides is 1. The first kappa shape index (κ1) is 15.1. The van der Waals surface area contributed by atoms with Crippen LogP contribution in [-0.2, 0) is 13.1 Å². The minimum Gasteiger partial charge on any atom is -0.296 e. The van der Waals surface area contributed by atoms with Crippen LogP contribution in [0.3, 0.4) is 0 Å². The minimum absolute atomic E-state index is 0.215. The number of carbonyl (C=O) groups is 1. The number of nitrogens with two attached hydrogens (primary N) is 1. The molecule has 6 heteroatoms. The van der Waals surface area contributed by atoms with E-state index in [0.717, 1.165) is 5.69 Å². The second-order valence-electron chi connectivity index (χ2n) is 4.78. The molecule has 0 radical (unpaired) electrons. The molecule has 1 amide bonds. The van der Waals surface area contributed by atoms with Gasteiger partial charge in [-0.1, -0.05) is 18.2 Å². The number of carbonyl (C=O) groups excluding carboxylic acids is 1. The van der Waals surface area contributed by atoms with Crippen molar-refractivity contribution >= 4 is 5.91 Å². The van der Waals surface area contributed by atoms with Crippen molar-refractivity contribution in [3.8, 4) is 0 Å². The Balaban J connectivity index is 1.98. The molecule has 0 bridgehead atoms. The molecule has 0 atom stereocenters. The average Bonchev–Trinajstić information content (AvgIpc) is 2.49. The first-order valence-electron chi connectivity index (χ1n) is 6.48. The molecule has 0 unspecified atom stereocenters. The third-order valence-corrected chi connectivity index (χ3v) is 3.05. The quantitative estimate of drug-likeness (QED) is 0.496. The van der Waals surface area contributed by atoms with E-state index >= 15 is 0 Å². The lowest BCUT2D eigenvalue weighted by Crippen LogP contribution is -2.30. The number of benzene rings is 1. The van der Waals surface area contributed by atoms with Crippen molar-refractivity contribution in [2.75, 3.05) is 7.05 Å². The van der Waals surface area contributed by atoms with Gasteiger partial charge < -0.3 is 0 Å². The van der Waals surface area contributed by atoms with Crippen LogP contribution in [-0.4, -0.2) is 22.8 Å². The minimum atomic E-state index is -0.381. The summed E-state index contributed by atoms with van der Waals surface area (Å²) < 4.78 is 13.6. The molecule has 1 aromatic carbocycles. The van der Waals surface area contributed by atoms with Crippen molar-refractivity contribution in [2.24, 2.45) is 5.84 Å². The summed E-state index contributed by atoms with van der Waals surface area (Å²) >= 11 is 0. The van der Waals surface area contributed by atoms with E-state index in [2.05, 4.69) is 4.98 Å². The Bertz CT molecular complexity index is 615. The number of hydrogen-bond donors (Lipinski definition) is 2. The monoisotopic (exact) mass is 288 g/mol. The van der Waals surface area contributed by atoms with Gasteiger partial charge in [0.05, 0.1) is 11.3 Å². The molecule has 2 aromatic rings. The zero-order chi connectivity index (χ0) is 15.2. The number of halogens is 1. The highest BCUT2D eigenvalue weighted by Crippen LogP contribution is 2.11. The largest absolute Gasteiger partial charge is 0.296 e. The van der Waals surface area contributed by atoms with Crippen molar-refractivity contribution in [2.45, 2.75) is 13.1 Å². The number of rotatable bonds is 5. The number of hydrazine groups is 1. The molecule has 5 nitrogen and oxygen atoms in total. The van der Waals surface area contributed by atoms with Crippen LogP contribution >= 0.6 is 0 Å². The molecule has 21 heavy (non-hydrogen) atoms. The summed E-state index contributed by atoms with van der Waals surface area (Å²) in [5, 5.41) is 0. The van der Waals surface area contributed by atoms with E-state index in [4.69, 9.17) is 5.84 Å². The van der Waals surface area contributed by atoms with Crippen LogP contribution in [0, 0.1) is 5.82 Å². The molecule has 110 valence electrons. The Morgan fingerprint density at radius 3 is 2.67 bits per heavy atom. The van der Waals surface area contributed by atoms with Crippen LogP contribution in [0.2, 0.25) is 0 Å². The molecule has 3 N–H and O–H groups in total. The molecule has 0 aliphatic carbocycles. The van der Waals surface area contributed by atoms with Gasteiger partial charge in [0, 0.05) is 24.8 Å². The smallest absolute Gasteiger partial charge is 0.266 e. The summed E-state index contributed by atoms with van der Waals surface area (Å²) in [4.78, 5) is 17.4. The summed E-state index contributed by atoms with van der Waals surface area (Å²) in [5.74, 6) is 4.46. The van der Waals surface area contributed by atoms with E-state index in [1.54, 1.807) is 24.3 Å². The van der Waals surface area contributed by atoms with Gasteiger partial charge in [-0.25, -0.2) is 10.2 Å². The van der Waals surface area contributed by atoms with Crippen molar-refractivity contribution in [3.63, 3.8) is 0 Å². The van der Waals surface area contributed by atoms with Gasteiger partial charge in [-0.15, -0.1) is 0 Å². The van der Waals surface area contributed by atoms with Crippen LogP contribution < -0.4 is 11.3 Å². The molecule has 0 saturated heterocycles. The van der Waals surface area contributed by atoms with Gasteiger partial charge >= 0.3 is 0 Å². The molecular weight excluding hydrogens is 271 g/mol. The van der Waals surface area contributed by atoms with Crippen LogP contribution in [0.15, 0.2) is 42.6 Å². The highest BCUT2D eigenvalue weighted by Gasteiger charge is 2.08. The Kier molecular flexibility index (Phi) is 4.97. The van der Waals surface area contributed by atoms with Crippen molar-refractivity contribution in [1.82, 2.24) is 15.3 Å². The predicted molar refractivity (Wildman–Crippen MR) is 77.5 cm³/mol. The topological polar surface area (TPSA) is 71.2 Å². The van der Waals surface area contributed by atoms with Gasteiger partial charge in [-0.2, -0.15) is 0 Å². The van der Waals surface area contributed by atoms with Gasteiger partial charge in [-0.3, -0.25) is 20.1 Å². The van der Waals surface area contributed by atoms with Crippen molar-refractivity contribution in [3.05, 3.63) is 65.2 Å². The molecule has 0 spiro atoms. The first-order valence-corrected chi connectivity index (χ1v) is 6.48. The normalized spacial score (nSPS) is 10.7. The average molecular weight is 288 g/mol. The Morgan fingerprint density at radius 2 is 2.05 bits per heavy atom. The molecular formula is C15H17FN4O. The van der Waals surface area contributed by atoms with Gasteiger partial charge in [0.1, 0.15) is 5.82 Å². The van der Waals surface area contributed by atoms with Gasteiger partial charge in [0.15, 0.2) is 0 Å². The van der Waals surface area contributed by atoms with Gasteiger partial charge in [0.2, 0.25) is 0 Å². The lowest BCUT2D eigenvalue weighted by atomic mass is 10.2. The summed E-state index contributed by atoms with van der Waals surface area (Å²) in [6.45, 7) is 1.04. The second kappa shape index (κ2) is 6.92. The van der Waals surface area contributed by atoms with E-state index in [0.29, 0.717) is 24.2 Å². The Morgan fingerprint density at radius 1 is 1.29 bits per heavy atom. The van der Waals surface area contributed by atoms with E-state index in [1.807, 2.05) is 23.4 Å². The summed E-state index contributed by atoms with van der Waals surface area (Å²) in [7, 11) is 1.88. The summed E-state index contributed by atoms with van der Waals surface area (Å²) in [6, 6.07) is 10.1. The van der Waals surface area contributed by atoms with Crippen molar-refractivity contribution < 1.29 is 9.18 Å². The number of aromatic nitrogens is 1. The maximum Gasteiger partial charge on any atom is 0.266 e. The van der Waals surface area contributed by atoms with E-state index in [9.17, 15) is 9.18 Å². The van der Waals surface area contributed by atoms with E-state index in [-0.39, 0.29) is 11.7 Å². The molecule has 0 fully saturated rings. The fourth-order valence-electron chi connectivity index (χ4n) is 1.99. The molecule has 0 aliphatic heterocycles. The molecule has 0 aliphatic rings. The number of hydrogen-bond acceptors (Lipinski definition) is 4. The zero-order valence-corrected chi connectivity index (χ0v) is 11.7. The second-order valence-corrected chi connectivity index (χ2v) is 4.78. The number of nitrogen functional groups attached to an aromatic ring is 1.